The van der Waals surface area contributed by atoms with Crippen LogP contribution in [0.1, 0.15) is 72.0 Å². The molecule has 170 valence electrons. The Kier molecular flexibility index (Phi) is 6.04. The van der Waals surface area contributed by atoms with E-state index in [0.29, 0.717) is 5.69 Å². The Labute approximate surface area is 187 Å². The van der Waals surface area contributed by atoms with Crippen molar-refractivity contribution in [3.05, 3.63) is 47.3 Å². The molecular formula is C24H30N4O4. The molecule has 2 heterocycles. The van der Waals surface area contributed by atoms with E-state index < -0.39 is 11.5 Å². The maximum Gasteiger partial charge on any atom is 0.358 e. The Morgan fingerprint density at radius 1 is 1.12 bits per heavy atom. The average Bonchev–Trinajstić information content (AvgIpc) is 3.03. The van der Waals surface area contributed by atoms with Crippen molar-refractivity contribution in [3.63, 3.8) is 0 Å². The number of esters is 1. The minimum absolute atomic E-state index is 0.0492. The summed E-state index contributed by atoms with van der Waals surface area (Å²) >= 11 is 0. The lowest BCUT2D eigenvalue weighted by Crippen LogP contribution is -2.65. The normalized spacial score (nSPS) is 21.6. The number of amides is 2. The summed E-state index contributed by atoms with van der Waals surface area (Å²) in [7, 11) is 1.27. The molecule has 8 nitrogen and oxygen atoms in total. The number of nitrogens with one attached hydrogen (secondary N) is 1. The van der Waals surface area contributed by atoms with Gasteiger partial charge in [0.2, 0.25) is 5.91 Å². The number of aryl methyl sites for hydroxylation is 1. The summed E-state index contributed by atoms with van der Waals surface area (Å²) < 4.78 is 6.22. The highest BCUT2D eigenvalue weighted by Gasteiger charge is 2.49. The number of fused-ring (bicyclic) bond motifs is 1. The second-order valence-electron chi connectivity index (χ2n) is 8.98. The van der Waals surface area contributed by atoms with Crippen molar-refractivity contribution in [1.29, 1.82) is 0 Å². The van der Waals surface area contributed by atoms with Gasteiger partial charge in [-0.25, -0.2) is 4.79 Å². The molecule has 1 saturated carbocycles. The van der Waals surface area contributed by atoms with Crippen LogP contribution in [0.15, 0.2) is 30.3 Å². The molecule has 1 aromatic carbocycles. The van der Waals surface area contributed by atoms with E-state index in [1.807, 2.05) is 31.2 Å². The van der Waals surface area contributed by atoms with Gasteiger partial charge in [-0.15, -0.1) is 0 Å². The van der Waals surface area contributed by atoms with Crippen LogP contribution in [0.3, 0.4) is 0 Å². The van der Waals surface area contributed by atoms with Gasteiger partial charge in [0.1, 0.15) is 11.2 Å². The van der Waals surface area contributed by atoms with E-state index in [1.54, 1.807) is 6.92 Å². The summed E-state index contributed by atoms with van der Waals surface area (Å²) in [6, 6.07) is 9.05. The van der Waals surface area contributed by atoms with E-state index in [2.05, 4.69) is 10.4 Å². The molecule has 0 spiro atoms. The van der Waals surface area contributed by atoms with E-state index in [9.17, 15) is 14.4 Å². The maximum absolute atomic E-state index is 13.7. The molecule has 2 amide bonds. The standard InChI is InChI=1S/C24H30N4O4/c1-16-10-12-18(13-11-16)28-21(29)20-14-19(22(30)32-3)26-27(20)15-24(28,2)23(31)25-17-8-6-4-5-7-9-17/h10-14,17H,4-9,15H2,1-3H3,(H,25,31)/t24-/m0/s1. The largest absolute Gasteiger partial charge is 0.464 e. The zero-order valence-corrected chi connectivity index (χ0v) is 18.9. The fourth-order valence-corrected chi connectivity index (χ4v) is 4.65. The summed E-state index contributed by atoms with van der Waals surface area (Å²) in [4.78, 5) is 40.8. The number of carbonyl (C=O) groups excluding carboxylic acids is 3. The molecule has 2 aromatic rings. The molecule has 0 saturated heterocycles. The van der Waals surface area contributed by atoms with Crippen LogP contribution in [0.4, 0.5) is 5.69 Å². The van der Waals surface area contributed by atoms with Gasteiger partial charge in [-0.05, 0) is 38.8 Å². The summed E-state index contributed by atoms with van der Waals surface area (Å²) in [6.07, 6.45) is 6.44. The number of ether oxygens (including phenoxy) is 1. The number of rotatable bonds is 4. The van der Waals surface area contributed by atoms with Crippen LogP contribution < -0.4 is 10.2 Å². The molecular weight excluding hydrogens is 408 g/mol. The monoisotopic (exact) mass is 438 g/mol. The fourth-order valence-electron chi connectivity index (χ4n) is 4.65. The van der Waals surface area contributed by atoms with Gasteiger partial charge in [0.25, 0.3) is 5.91 Å². The molecule has 1 aromatic heterocycles. The highest BCUT2D eigenvalue weighted by atomic mass is 16.5. The second-order valence-corrected chi connectivity index (χ2v) is 8.98. The van der Waals surface area contributed by atoms with Gasteiger partial charge >= 0.3 is 5.97 Å². The average molecular weight is 439 g/mol. The molecule has 32 heavy (non-hydrogen) atoms. The number of anilines is 1. The lowest BCUT2D eigenvalue weighted by Gasteiger charge is -2.43. The second kappa shape index (κ2) is 8.76. The highest BCUT2D eigenvalue weighted by Crippen LogP contribution is 2.33. The molecule has 1 N–H and O–H groups in total. The predicted molar refractivity (Wildman–Crippen MR) is 120 cm³/mol. The summed E-state index contributed by atoms with van der Waals surface area (Å²) in [6.45, 7) is 3.87. The van der Waals surface area contributed by atoms with Crippen molar-refractivity contribution in [3.8, 4) is 0 Å². The summed E-state index contributed by atoms with van der Waals surface area (Å²) in [5, 5.41) is 7.48. The van der Waals surface area contributed by atoms with Gasteiger partial charge in [-0.1, -0.05) is 43.4 Å². The van der Waals surface area contributed by atoms with Gasteiger partial charge in [0.15, 0.2) is 5.69 Å². The van der Waals surface area contributed by atoms with E-state index >= 15 is 0 Å². The van der Waals surface area contributed by atoms with Crippen molar-refractivity contribution in [1.82, 2.24) is 15.1 Å². The van der Waals surface area contributed by atoms with Gasteiger partial charge < -0.3 is 10.1 Å². The Balaban J connectivity index is 1.73. The smallest absolute Gasteiger partial charge is 0.358 e. The van der Waals surface area contributed by atoms with Gasteiger partial charge in [-0.2, -0.15) is 5.10 Å². The zero-order valence-electron chi connectivity index (χ0n) is 18.9. The number of nitrogens with zero attached hydrogens (tertiary/aromatic N) is 3. The van der Waals surface area contributed by atoms with Gasteiger partial charge in [-0.3, -0.25) is 19.2 Å². The first-order valence-corrected chi connectivity index (χ1v) is 11.2. The third-order valence-electron chi connectivity index (χ3n) is 6.52. The van der Waals surface area contributed by atoms with Crippen molar-refractivity contribution < 1.29 is 19.1 Å². The predicted octanol–water partition coefficient (Wildman–Crippen LogP) is 3.24. The van der Waals surface area contributed by atoms with E-state index in [1.165, 1.54) is 35.6 Å². The van der Waals surface area contributed by atoms with E-state index in [0.717, 1.165) is 31.2 Å². The summed E-state index contributed by atoms with van der Waals surface area (Å²) in [5.74, 6) is -1.20. The van der Waals surface area contributed by atoms with Gasteiger partial charge in [0.05, 0.1) is 13.7 Å². The van der Waals surface area contributed by atoms with Crippen molar-refractivity contribution >= 4 is 23.5 Å². The highest BCUT2D eigenvalue weighted by molar-refractivity contribution is 6.12. The van der Waals surface area contributed by atoms with Crippen molar-refractivity contribution in [2.45, 2.75) is 70.5 Å². The Bertz CT molecular complexity index is 1020. The number of hydrogen-bond donors (Lipinski definition) is 1. The Morgan fingerprint density at radius 3 is 2.41 bits per heavy atom. The Morgan fingerprint density at radius 2 is 1.78 bits per heavy atom. The number of benzene rings is 1. The first-order valence-electron chi connectivity index (χ1n) is 11.2. The van der Waals surface area contributed by atoms with Crippen LogP contribution >= 0.6 is 0 Å². The molecule has 1 aliphatic carbocycles. The first-order chi connectivity index (χ1) is 15.3. The van der Waals surface area contributed by atoms with Crippen molar-refractivity contribution in [2.24, 2.45) is 0 Å². The molecule has 0 radical (unpaired) electrons. The zero-order chi connectivity index (χ0) is 22.9. The third kappa shape index (κ3) is 4.01. The molecule has 0 bridgehead atoms. The maximum atomic E-state index is 13.7. The van der Waals surface area contributed by atoms with Crippen LogP contribution in [0.5, 0.6) is 0 Å². The number of hydrogen-bond acceptors (Lipinski definition) is 5. The SMILES string of the molecule is COC(=O)c1cc2n(n1)C[C@@](C)(C(=O)NC1CCCCCC1)N(c1ccc(C)cc1)C2=O. The quantitative estimate of drug-likeness (QED) is 0.584. The Hall–Kier alpha value is -3.16. The summed E-state index contributed by atoms with van der Waals surface area (Å²) in [5.41, 5.74) is 0.788. The molecule has 1 aliphatic heterocycles. The molecule has 1 atom stereocenters. The van der Waals surface area contributed by atoms with Crippen LogP contribution in [-0.2, 0) is 16.1 Å². The number of methoxy groups -OCH3 is 1. The van der Waals surface area contributed by atoms with E-state index in [4.69, 9.17) is 4.74 Å². The number of aromatic nitrogens is 2. The minimum atomic E-state index is -1.20. The number of carbonyl (C=O) groups is 3. The van der Waals surface area contributed by atoms with Gasteiger partial charge in [0, 0.05) is 17.8 Å². The molecule has 4 rings (SSSR count). The molecule has 1 fully saturated rings. The van der Waals surface area contributed by atoms with Crippen LogP contribution in [0.2, 0.25) is 0 Å². The van der Waals surface area contributed by atoms with Crippen molar-refractivity contribution in [2.75, 3.05) is 12.0 Å². The first kappa shape index (κ1) is 22.0. The lowest BCUT2D eigenvalue weighted by molar-refractivity contribution is -0.127. The van der Waals surface area contributed by atoms with Crippen LogP contribution in [0, 0.1) is 6.92 Å². The lowest BCUT2D eigenvalue weighted by atomic mass is 9.93. The molecule has 2 aliphatic rings. The topological polar surface area (TPSA) is 93.5 Å². The van der Waals surface area contributed by atoms with Crippen LogP contribution in [-0.4, -0.2) is 46.3 Å². The molecule has 8 heteroatoms. The van der Waals surface area contributed by atoms with E-state index in [-0.39, 0.29) is 35.8 Å². The minimum Gasteiger partial charge on any atom is -0.464 e. The third-order valence-corrected chi connectivity index (χ3v) is 6.52. The van der Waals surface area contributed by atoms with Crippen LogP contribution in [0.25, 0.3) is 0 Å². The molecule has 0 unspecified atom stereocenters. The fraction of sp³-hybridized carbons (Fsp3) is 0.500.